The van der Waals surface area contributed by atoms with Crippen molar-refractivity contribution in [3.8, 4) is 0 Å². The molecule has 5 rings (SSSR count). The number of benzene rings is 2. The van der Waals surface area contributed by atoms with E-state index in [1.54, 1.807) is 28.6 Å². The van der Waals surface area contributed by atoms with Gasteiger partial charge < -0.3 is 9.88 Å². The highest BCUT2D eigenvalue weighted by molar-refractivity contribution is 7.89. The van der Waals surface area contributed by atoms with E-state index in [1.807, 2.05) is 17.0 Å². The van der Waals surface area contributed by atoms with Crippen molar-refractivity contribution in [2.45, 2.75) is 38.1 Å². The Bertz CT molecular complexity index is 1270. The van der Waals surface area contributed by atoms with Gasteiger partial charge >= 0.3 is 0 Å². The minimum Gasteiger partial charge on any atom is -0.358 e. The van der Waals surface area contributed by atoms with Gasteiger partial charge in [-0.2, -0.15) is 4.31 Å². The zero-order valence-electron chi connectivity index (χ0n) is 18.5. The van der Waals surface area contributed by atoms with Crippen LogP contribution in [-0.4, -0.2) is 48.1 Å². The molecule has 0 bridgehead atoms. The zero-order valence-corrected chi connectivity index (χ0v) is 19.4. The molecule has 6 nitrogen and oxygen atoms in total. The normalized spacial score (nSPS) is 22.1. The number of piperidine rings is 1. The first-order valence-corrected chi connectivity index (χ1v) is 12.7. The zero-order chi connectivity index (χ0) is 22.5. The second-order valence-electron chi connectivity index (χ2n) is 9.40. The molecule has 32 heavy (non-hydrogen) atoms. The monoisotopic (exact) mass is 451 g/mol. The summed E-state index contributed by atoms with van der Waals surface area (Å²) in [6.45, 7) is 6.37. The molecule has 2 aliphatic heterocycles. The Labute approximate surface area is 189 Å². The van der Waals surface area contributed by atoms with Gasteiger partial charge in [-0.3, -0.25) is 4.79 Å². The third-order valence-electron chi connectivity index (χ3n) is 6.72. The Morgan fingerprint density at radius 2 is 1.78 bits per heavy atom. The SMILES string of the molecule is CC1CC(C)CN(S(=O)(=O)c2cccc(C(=O)N3CCc4[nH]c5ccccc5c4C3)c2)C1. The lowest BCUT2D eigenvalue weighted by Gasteiger charge is -2.34. The van der Waals surface area contributed by atoms with E-state index in [-0.39, 0.29) is 10.8 Å². The van der Waals surface area contributed by atoms with Crippen molar-refractivity contribution in [1.82, 2.24) is 14.2 Å². The quantitative estimate of drug-likeness (QED) is 0.653. The maximum absolute atomic E-state index is 13.3. The molecule has 0 spiro atoms. The molecule has 2 aliphatic rings. The first-order chi connectivity index (χ1) is 15.3. The topological polar surface area (TPSA) is 73.5 Å². The summed E-state index contributed by atoms with van der Waals surface area (Å²) in [5.74, 6) is 0.535. The average molecular weight is 452 g/mol. The fourth-order valence-corrected chi connectivity index (χ4v) is 6.99. The van der Waals surface area contributed by atoms with Crippen molar-refractivity contribution in [1.29, 1.82) is 0 Å². The number of hydrogen-bond acceptors (Lipinski definition) is 3. The van der Waals surface area contributed by atoms with Gasteiger partial charge in [0, 0.05) is 60.3 Å². The minimum absolute atomic E-state index is 0.127. The number of nitrogens with one attached hydrogen (secondary N) is 1. The van der Waals surface area contributed by atoms with Crippen LogP contribution < -0.4 is 0 Å². The third kappa shape index (κ3) is 3.73. The van der Waals surface area contributed by atoms with E-state index in [4.69, 9.17) is 0 Å². The summed E-state index contributed by atoms with van der Waals surface area (Å²) < 4.78 is 28.2. The largest absolute Gasteiger partial charge is 0.358 e. The molecule has 168 valence electrons. The van der Waals surface area contributed by atoms with Crippen molar-refractivity contribution < 1.29 is 13.2 Å². The Hall–Kier alpha value is -2.64. The predicted octanol–water partition coefficient (Wildman–Crippen LogP) is 4.03. The maximum atomic E-state index is 13.3. The molecule has 0 saturated carbocycles. The van der Waals surface area contributed by atoms with Crippen molar-refractivity contribution in [3.63, 3.8) is 0 Å². The number of sulfonamides is 1. The van der Waals surface area contributed by atoms with Gasteiger partial charge in [0.15, 0.2) is 0 Å². The van der Waals surface area contributed by atoms with Gasteiger partial charge in [-0.1, -0.05) is 38.1 Å². The van der Waals surface area contributed by atoms with Gasteiger partial charge in [-0.15, -0.1) is 0 Å². The molecule has 0 aliphatic carbocycles. The van der Waals surface area contributed by atoms with E-state index in [9.17, 15) is 13.2 Å². The molecule has 1 fully saturated rings. The number of aromatic nitrogens is 1. The summed E-state index contributed by atoms with van der Waals surface area (Å²) in [5, 5.41) is 1.14. The van der Waals surface area contributed by atoms with Crippen LogP contribution in [0.4, 0.5) is 0 Å². The molecule has 3 aromatic rings. The molecule has 1 saturated heterocycles. The Morgan fingerprint density at radius 1 is 1.03 bits per heavy atom. The minimum atomic E-state index is -3.63. The molecule has 1 aromatic heterocycles. The molecule has 2 atom stereocenters. The van der Waals surface area contributed by atoms with Gasteiger partial charge in [-0.05, 0) is 42.5 Å². The molecule has 1 N–H and O–H groups in total. The summed E-state index contributed by atoms with van der Waals surface area (Å²) in [4.78, 5) is 18.8. The number of aromatic amines is 1. The Balaban J connectivity index is 1.40. The number of carbonyl (C=O) groups is 1. The van der Waals surface area contributed by atoms with E-state index in [0.29, 0.717) is 43.6 Å². The van der Waals surface area contributed by atoms with Crippen molar-refractivity contribution >= 4 is 26.8 Å². The smallest absolute Gasteiger partial charge is 0.254 e. The fourth-order valence-electron chi connectivity index (χ4n) is 5.26. The van der Waals surface area contributed by atoms with Crippen LogP contribution in [0.5, 0.6) is 0 Å². The lowest BCUT2D eigenvalue weighted by Crippen LogP contribution is -2.42. The van der Waals surface area contributed by atoms with Crippen molar-refractivity contribution in [3.05, 3.63) is 65.4 Å². The molecule has 3 heterocycles. The number of hydrogen-bond donors (Lipinski definition) is 1. The maximum Gasteiger partial charge on any atom is 0.254 e. The molecule has 2 aromatic carbocycles. The second kappa shape index (κ2) is 8.05. The summed E-state index contributed by atoms with van der Waals surface area (Å²) in [6.07, 6.45) is 1.80. The highest BCUT2D eigenvalue weighted by Gasteiger charge is 2.32. The number of para-hydroxylation sites is 1. The molecule has 1 amide bonds. The number of carbonyl (C=O) groups excluding carboxylic acids is 1. The van der Waals surface area contributed by atoms with Crippen LogP contribution in [0.3, 0.4) is 0 Å². The Kier molecular flexibility index (Phi) is 5.34. The molecular formula is C25H29N3O3S. The highest BCUT2D eigenvalue weighted by Crippen LogP contribution is 2.30. The number of nitrogens with zero attached hydrogens (tertiary/aromatic N) is 2. The summed E-state index contributed by atoms with van der Waals surface area (Å²) in [5.41, 5.74) is 3.84. The van der Waals surface area contributed by atoms with Crippen LogP contribution in [0.25, 0.3) is 10.9 Å². The number of H-pyrrole nitrogens is 1. The van der Waals surface area contributed by atoms with Crippen LogP contribution in [0.1, 0.15) is 41.9 Å². The molecule has 2 unspecified atom stereocenters. The van der Waals surface area contributed by atoms with Crippen LogP contribution in [0.2, 0.25) is 0 Å². The fraction of sp³-hybridized carbons (Fsp3) is 0.400. The molecular weight excluding hydrogens is 422 g/mol. The lowest BCUT2D eigenvalue weighted by molar-refractivity contribution is 0.0735. The first-order valence-electron chi connectivity index (χ1n) is 11.3. The standard InChI is InChI=1S/C25H29N3O3S/c1-17-12-18(2)15-28(14-17)32(30,31)20-7-5-6-19(13-20)25(29)27-11-10-24-22(16-27)21-8-3-4-9-23(21)26-24/h3-9,13,17-18,26H,10-12,14-16H2,1-2H3. The van der Waals surface area contributed by atoms with E-state index in [0.717, 1.165) is 29.3 Å². The summed E-state index contributed by atoms with van der Waals surface area (Å²) in [6, 6.07) is 14.7. The van der Waals surface area contributed by atoms with Crippen LogP contribution >= 0.6 is 0 Å². The van der Waals surface area contributed by atoms with Crippen LogP contribution in [0.15, 0.2) is 53.4 Å². The van der Waals surface area contributed by atoms with Gasteiger partial charge in [0.25, 0.3) is 5.91 Å². The van der Waals surface area contributed by atoms with E-state index >= 15 is 0 Å². The van der Waals surface area contributed by atoms with E-state index < -0.39 is 10.0 Å². The third-order valence-corrected chi connectivity index (χ3v) is 8.55. The summed E-state index contributed by atoms with van der Waals surface area (Å²) >= 11 is 0. The average Bonchev–Trinajstić information content (AvgIpc) is 3.16. The van der Waals surface area contributed by atoms with E-state index in [2.05, 4.69) is 31.0 Å². The Morgan fingerprint density at radius 3 is 2.56 bits per heavy atom. The molecule has 7 heteroatoms. The van der Waals surface area contributed by atoms with Crippen molar-refractivity contribution in [2.75, 3.05) is 19.6 Å². The predicted molar refractivity (Wildman–Crippen MR) is 125 cm³/mol. The summed E-state index contributed by atoms with van der Waals surface area (Å²) in [7, 11) is -3.63. The first kappa shape index (κ1) is 21.2. The number of rotatable bonds is 3. The number of fused-ring (bicyclic) bond motifs is 3. The lowest BCUT2D eigenvalue weighted by atomic mass is 9.94. The number of amides is 1. The van der Waals surface area contributed by atoms with Crippen LogP contribution in [-0.2, 0) is 23.0 Å². The van der Waals surface area contributed by atoms with Crippen molar-refractivity contribution in [2.24, 2.45) is 11.8 Å². The van der Waals surface area contributed by atoms with Gasteiger partial charge in [0.1, 0.15) is 0 Å². The van der Waals surface area contributed by atoms with Gasteiger partial charge in [-0.25, -0.2) is 8.42 Å². The van der Waals surface area contributed by atoms with Gasteiger partial charge in [0.2, 0.25) is 10.0 Å². The van der Waals surface area contributed by atoms with Crippen LogP contribution in [0, 0.1) is 11.8 Å². The van der Waals surface area contributed by atoms with Gasteiger partial charge in [0.05, 0.1) is 4.90 Å². The van der Waals surface area contributed by atoms with E-state index in [1.165, 1.54) is 5.69 Å². The second-order valence-corrected chi connectivity index (χ2v) is 11.3. The molecule has 0 radical (unpaired) electrons. The highest BCUT2D eigenvalue weighted by atomic mass is 32.2.